The quantitative estimate of drug-likeness (QED) is 0.461. The third kappa shape index (κ3) is 3.13. The smallest absolute Gasteiger partial charge is 0.341 e. The van der Waals surface area contributed by atoms with Crippen molar-refractivity contribution in [3.05, 3.63) is 23.8 Å². The highest BCUT2D eigenvalue weighted by molar-refractivity contribution is 5.93. The van der Waals surface area contributed by atoms with Crippen molar-refractivity contribution in [2.24, 2.45) is 0 Å². The number of esters is 1. The number of rotatable bonds is 5. The van der Waals surface area contributed by atoms with Gasteiger partial charge < -0.3 is 19.9 Å². The van der Waals surface area contributed by atoms with Crippen LogP contribution in [0.2, 0.25) is 0 Å². The number of nitrogen functional groups attached to an aromatic ring is 1. The Kier molecular flexibility index (Phi) is 4.60. The average molecular weight is 225 g/mol. The third-order valence-corrected chi connectivity index (χ3v) is 1.96. The zero-order valence-electron chi connectivity index (χ0n) is 9.36. The molecule has 1 aromatic carbocycles. The van der Waals surface area contributed by atoms with E-state index in [1.54, 1.807) is 25.3 Å². The molecule has 0 atom stereocenters. The molecule has 0 radical (unpaired) electrons. The van der Waals surface area contributed by atoms with Crippen molar-refractivity contribution in [1.29, 1.82) is 0 Å². The molecule has 0 bridgehead atoms. The van der Waals surface area contributed by atoms with Crippen molar-refractivity contribution in [1.82, 2.24) is 0 Å². The van der Waals surface area contributed by atoms with Crippen LogP contribution in [0.25, 0.3) is 0 Å². The minimum absolute atomic E-state index is 0.351. The van der Waals surface area contributed by atoms with E-state index in [1.165, 1.54) is 7.11 Å². The lowest BCUT2D eigenvalue weighted by molar-refractivity contribution is 0.0594. The van der Waals surface area contributed by atoms with Gasteiger partial charge in [0.25, 0.3) is 0 Å². The number of carbonyl (C=O) groups is 1. The average Bonchev–Trinajstić information content (AvgIpc) is 2.29. The predicted molar refractivity (Wildman–Crippen MR) is 59.6 cm³/mol. The van der Waals surface area contributed by atoms with Gasteiger partial charge in [-0.3, -0.25) is 0 Å². The van der Waals surface area contributed by atoms with Gasteiger partial charge >= 0.3 is 5.97 Å². The summed E-state index contributed by atoms with van der Waals surface area (Å²) in [4.78, 5) is 11.4. The number of methoxy groups -OCH3 is 2. The van der Waals surface area contributed by atoms with E-state index in [9.17, 15) is 4.79 Å². The van der Waals surface area contributed by atoms with E-state index >= 15 is 0 Å². The second-order valence-corrected chi connectivity index (χ2v) is 3.09. The third-order valence-electron chi connectivity index (χ3n) is 1.96. The summed E-state index contributed by atoms with van der Waals surface area (Å²) in [5.74, 6) is -0.0451. The molecule has 0 fully saturated rings. The number of benzene rings is 1. The molecule has 1 aromatic rings. The first kappa shape index (κ1) is 12.3. The van der Waals surface area contributed by atoms with Gasteiger partial charge in [0.15, 0.2) is 0 Å². The van der Waals surface area contributed by atoms with Crippen molar-refractivity contribution < 1.29 is 19.0 Å². The maximum Gasteiger partial charge on any atom is 0.341 e. The molecule has 0 saturated heterocycles. The number of carbonyl (C=O) groups excluding carboxylic acids is 1. The molecule has 0 aromatic heterocycles. The van der Waals surface area contributed by atoms with Gasteiger partial charge in [-0.1, -0.05) is 0 Å². The van der Waals surface area contributed by atoms with Gasteiger partial charge in [0, 0.05) is 18.9 Å². The van der Waals surface area contributed by atoms with E-state index in [2.05, 4.69) is 4.74 Å². The second kappa shape index (κ2) is 5.97. The zero-order chi connectivity index (χ0) is 12.0. The second-order valence-electron chi connectivity index (χ2n) is 3.09. The van der Waals surface area contributed by atoms with Crippen molar-refractivity contribution in [3.63, 3.8) is 0 Å². The monoisotopic (exact) mass is 225 g/mol. The molecule has 0 spiro atoms. The fourth-order valence-corrected chi connectivity index (χ4v) is 1.17. The van der Waals surface area contributed by atoms with Crippen LogP contribution in [0.5, 0.6) is 5.75 Å². The molecule has 1 rings (SSSR count). The van der Waals surface area contributed by atoms with E-state index in [0.29, 0.717) is 30.2 Å². The first-order valence-electron chi connectivity index (χ1n) is 4.78. The maximum absolute atomic E-state index is 11.4. The van der Waals surface area contributed by atoms with Crippen LogP contribution in [0.1, 0.15) is 10.4 Å². The van der Waals surface area contributed by atoms with Gasteiger partial charge in [0.1, 0.15) is 17.9 Å². The van der Waals surface area contributed by atoms with Crippen molar-refractivity contribution in [3.8, 4) is 5.75 Å². The summed E-state index contributed by atoms with van der Waals surface area (Å²) in [7, 11) is 2.89. The van der Waals surface area contributed by atoms with Gasteiger partial charge in [-0.25, -0.2) is 4.79 Å². The number of ether oxygens (including phenoxy) is 3. The number of anilines is 1. The summed E-state index contributed by atoms with van der Waals surface area (Å²) in [6, 6.07) is 4.78. The van der Waals surface area contributed by atoms with Crippen LogP contribution in [0.15, 0.2) is 18.2 Å². The summed E-state index contributed by atoms with van der Waals surface area (Å²) >= 11 is 0. The van der Waals surface area contributed by atoms with Crippen LogP contribution in [0, 0.1) is 0 Å². The zero-order valence-corrected chi connectivity index (χ0v) is 9.36. The molecule has 88 valence electrons. The fraction of sp³-hybridized carbons (Fsp3) is 0.364. The topological polar surface area (TPSA) is 70.8 Å². The van der Waals surface area contributed by atoms with Crippen molar-refractivity contribution >= 4 is 11.7 Å². The molecule has 0 saturated carbocycles. The molecule has 0 aliphatic heterocycles. The first-order valence-corrected chi connectivity index (χ1v) is 4.78. The number of hydrogen-bond acceptors (Lipinski definition) is 5. The highest BCUT2D eigenvalue weighted by Gasteiger charge is 2.12. The van der Waals surface area contributed by atoms with Gasteiger partial charge in [0.2, 0.25) is 0 Å². The highest BCUT2D eigenvalue weighted by Crippen LogP contribution is 2.22. The molecule has 0 aliphatic carbocycles. The molecule has 0 aliphatic rings. The fourth-order valence-electron chi connectivity index (χ4n) is 1.17. The van der Waals surface area contributed by atoms with E-state index in [0.717, 1.165) is 0 Å². The Hall–Kier alpha value is -1.75. The lowest BCUT2D eigenvalue weighted by Crippen LogP contribution is -2.09. The normalized spacial score (nSPS) is 9.88. The Morgan fingerprint density at radius 3 is 2.69 bits per heavy atom. The largest absolute Gasteiger partial charge is 0.490 e. The van der Waals surface area contributed by atoms with Crippen LogP contribution in [0.4, 0.5) is 5.69 Å². The molecule has 16 heavy (non-hydrogen) atoms. The summed E-state index contributed by atoms with van der Waals surface area (Å²) in [6.07, 6.45) is 0. The van der Waals surface area contributed by atoms with E-state index in [4.69, 9.17) is 15.2 Å². The Labute approximate surface area is 94.1 Å². The molecular weight excluding hydrogens is 210 g/mol. The molecule has 5 nitrogen and oxygen atoms in total. The van der Waals surface area contributed by atoms with Crippen molar-refractivity contribution in [2.45, 2.75) is 0 Å². The van der Waals surface area contributed by atoms with Crippen LogP contribution in [0.3, 0.4) is 0 Å². The van der Waals surface area contributed by atoms with Crippen LogP contribution < -0.4 is 10.5 Å². The number of nitrogens with two attached hydrogens (primary N) is 1. The van der Waals surface area contributed by atoms with Crippen molar-refractivity contribution in [2.75, 3.05) is 33.2 Å². The Morgan fingerprint density at radius 1 is 1.31 bits per heavy atom. The maximum atomic E-state index is 11.4. The minimum Gasteiger partial charge on any atom is -0.490 e. The number of hydrogen-bond donors (Lipinski definition) is 1. The highest BCUT2D eigenvalue weighted by atomic mass is 16.5. The van der Waals surface area contributed by atoms with E-state index in [1.807, 2.05) is 0 Å². The predicted octanol–water partition coefficient (Wildman–Crippen LogP) is 1.08. The van der Waals surface area contributed by atoms with Crippen LogP contribution in [-0.4, -0.2) is 33.4 Å². The standard InChI is InChI=1S/C11H15NO4/c1-14-5-6-16-10-7-8(12)3-4-9(10)11(13)15-2/h3-4,7H,5-6,12H2,1-2H3. The molecule has 0 amide bonds. The van der Waals surface area contributed by atoms with Gasteiger partial charge in [0.05, 0.1) is 13.7 Å². The van der Waals surface area contributed by atoms with E-state index in [-0.39, 0.29) is 0 Å². The minimum atomic E-state index is -0.451. The lowest BCUT2D eigenvalue weighted by Gasteiger charge is -2.10. The Bertz CT molecular complexity index is 365. The summed E-state index contributed by atoms with van der Waals surface area (Å²) in [5, 5.41) is 0. The molecule has 2 N–H and O–H groups in total. The SMILES string of the molecule is COCCOc1cc(N)ccc1C(=O)OC. The van der Waals surface area contributed by atoms with Crippen LogP contribution >= 0.6 is 0 Å². The molecule has 5 heteroatoms. The van der Waals surface area contributed by atoms with Gasteiger partial charge in [-0.15, -0.1) is 0 Å². The first-order chi connectivity index (χ1) is 7.69. The summed E-state index contributed by atoms with van der Waals surface area (Å²) < 4.78 is 14.9. The molecule has 0 heterocycles. The summed E-state index contributed by atoms with van der Waals surface area (Å²) in [5.41, 5.74) is 6.49. The van der Waals surface area contributed by atoms with Gasteiger partial charge in [-0.05, 0) is 12.1 Å². The van der Waals surface area contributed by atoms with Crippen LogP contribution in [-0.2, 0) is 9.47 Å². The lowest BCUT2D eigenvalue weighted by atomic mass is 10.2. The molecular formula is C11H15NO4. The Balaban J connectivity index is 2.85. The Morgan fingerprint density at radius 2 is 2.06 bits per heavy atom. The van der Waals surface area contributed by atoms with E-state index < -0.39 is 5.97 Å². The van der Waals surface area contributed by atoms with Gasteiger partial charge in [-0.2, -0.15) is 0 Å². The summed E-state index contributed by atoms with van der Waals surface area (Å²) in [6.45, 7) is 0.791. The molecule has 0 unspecified atom stereocenters.